The third-order valence-corrected chi connectivity index (χ3v) is 11.8. The lowest BCUT2D eigenvalue weighted by atomic mass is 9.73. The molecule has 1 unspecified atom stereocenters. The SMILES string of the molecule is C1=C(c2ccccc2)c2ccc3c(N(c4ccccc4)c4ccccc4)cc(-c4ccccc4)c4c3c2C(=CC4)C1N(c1ccccn1)c1cccc2ccccc12. The summed E-state index contributed by atoms with van der Waals surface area (Å²) in [6.07, 6.45) is 7.71. The van der Waals surface area contributed by atoms with Crippen molar-refractivity contribution in [1.29, 1.82) is 0 Å². The van der Waals surface area contributed by atoms with Crippen LogP contribution in [-0.4, -0.2) is 11.0 Å². The van der Waals surface area contributed by atoms with Gasteiger partial charge in [0.15, 0.2) is 0 Å². The maximum Gasteiger partial charge on any atom is 0.133 e. The van der Waals surface area contributed by atoms with Gasteiger partial charge in [-0.2, -0.15) is 0 Å². The average molecular weight is 742 g/mol. The molecule has 1 atom stereocenters. The normalized spacial score (nSPS) is 14.2. The molecule has 0 N–H and O–H groups in total. The number of hydrogen-bond acceptors (Lipinski definition) is 3. The van der Waals surface area contributed by atoms with Gasteiger partial charge in [-0.1, -0.05) is 158 Å². The molecular formula is C55H39N3. The van der Waals surface area contributed by atoms with Crippen molar-refractivity contribution in [3.05, 3.63) is 241 Å². The van der Waals surface area contributed by atoms with Gasteiger partial charge in [0.25, 0.3) is 0 Å². The number of para-hydroxylation sites is 2. The van der Waals surface area contributed by atoms with E-state index in [-0.39, 0.29) is 6.04 Å². The Morgan fingerprint density at radius 2 is 1.14 bits per heavy atom. The molecule has 11 rings (SSSR count). The molecule has 1 aromatic heterocycles. The minimum Gasteiger partial charge on any atom is -0.315 e. The summed E-state index contributed by atoms with van der Waals surface area (Å²) in [7, 11) is 0. The summed E-state index contributed by atoms with van der Waals surface area (Å²) in [6, 6.07) is 72.0. The van der Waals surface area contributed by atoms with E-state index in [2.05, 4.69) is 216 Å². The highest BCUT2D eigenvalue weighted by Crippen LogP contribution is 2.53. The van der Waals surface area contributed by atoms with Crippen LogP contribution in [0.5, 0.6) is 0 Å². The average Bonchev–Trinajstić information content (AvgIpc) is 3.30. The Bertz CT molecular complexity index is 2970. The first kappa shape index (κ1) is 33.8. The van der Waals surface area contributed by atoms with Gasteiger partial charge < -0.3 is 9.80 Å². The Balaban J connectivity index is 1.25. The van der Waals surface area contributed by atoms with Crippen molar-refractivity contribution in [3.63, 3.8) is 0 Å². The molecule has 0 bridgehead atoms. The van der Waals surface area contributed by atoms with Crippen molar-refractivity contribution >= 4 is 61.3 Å². The lowest BCUT2D eigenvalue weighted by Gasteiger charge is -2.40. The summed E-state index contributed by atoms with van der Waals surface area (Å²) < 4.78 is 0. The molecule has 1 heterocycles. The zero-order chi connectivity index (χ0) is 38.4. The third kappa shape index (κ3) is 5.63. The third-order valence-electron chi connectivity index (χ3n) is 11.8. The van der Waals surface area contributed by atoms with Crippen molar-refractivity contribution in [3.8, 4) is 11.1 Å². The highest BCUT2D eigenvalue weighted by Gasteiger charge is 2.36. The van der Waals surface area contributed by atoms with Crippen molar-refractivity contribution in [1.82, 2.24) is 4.98 Å². The van der Waals surface area contributed by atoms with E-state index in [4.69, 9.17) is 4.98 Å². The van der Waals surface area contributed by atoms with Crippen LogP contribution in [0.15, 0.2) is 219 Å². The standard InChI is InChI=1S/C55H39N3/c1-5-18-39(19-6-1)48-36-51(57(41-24-9-3-10-25-41)42-26-11-4-12-27-42)46-33-31-45-49(40-20-7-2-8-21-40)37-52(47-34-32-44(48)54(46)55(45)47)58(53-30-15-16-35-56-53)50-29-17-23-38-22-13-14-28-43(38)50/h1-31,33-37,52H,32H2. The monoisotopic (exact) mass is 741 g/mol. The topological polar surface area (TPSA) is 19.4 Å². The molecule has 8 aromatic carbocycles. The van der Waals surface area contributed by atoms with Gasteiger partial charge in [0.1, 0.15) is 5.82 Å². The van der Waals surface area contributed by atoms with Gasteiger partial charge in [-0.15, -0.1) is 0 Å². The highest BCUT2D eigenvalue weighted by atomic mass is 15.2. The Labute approximate surface area is 339 Å². The van der Waals surface area contributed by atoms with E-state index in [1.54, 1.807) is 0 Å². The van der Waals surface area contributed by atoms with Gasteiger partial charge in [-0.05, 0) is 116 Å². The fourth-order valence-electron chi connectivity index (χ4n) is 9.28. The number of allylic oxidation sites excluding steroid dienone is 1. The fraction of sp³-hybridized carbons (Fsp3) is 0.0364. The number of nitrogens with zero attached hydrogens (tertiary/aromatic N) is 3. The molecule has 9 aromatic rings. The molecular weight excluding hydrogens is 703 g/mol. The Kier molecular flexibility index (Phi) is 8.29. The quantitative estimate of drug-likeness (QED) is 0.155. The number of rotatable bonds is 8. The second kappa shape index (κ2) is 14.2. The van der Waals surface area contributed by atoms with E-state index < -0.39 is 0 Å². The Morgan fingerprint density at radius 3 is 1.84 bits per heavy atom. The predicted octanol–water partition coefficient (Wildman–Crippen LogP) is 14.1. The van der Waals surface area contributed by atoms with Crippen molar-refractivity contribution in [2.24, 2.45) is 0 Å². The van der Waals surface area contributed by atoms with Crippen molar-refractivity contribution in [2.75, 3.05) is 9.80 Å². The van der Waals surface area contributed by atoms with Crippen LogP contribution < -0.4 is 9.80 Å². The minimum absolute atomic E-state index is 0.148. The van der Waals surface area contributed by atoms with E-state index >= 15 is 0 Å². The summed E-state index contributed by atoms with van der Waals surface area (Å²) in [5.41, 5.74) is 14.6. The molecule has 274 valence electrons. The molecule has 0 amide bonds. The second-order valence-electron chi connectivity index (χ2n) is 15.0. The number of anilines is 5. The number of fused-ring (bicyclic) bond motifs is 1. The van der Waals surface area contributed by atoms with Gasteiger partial charge in [0.05, 0.1) is 17.4 Å². The molecule has 0 fully saturated rings. The van der Waals surface area contributed by atoms with Gasteiger partial charge in [-0.3, -0.25) is 0 Å². The maximum absolute atomic E-state index is 5.06. The van der Waals surface area contributed by atoms with Crippen LogP contribution in [0.1, 0.15) is 22.3 Å². The summed E-state index contributed by atoms with van der Waals surface area (Å²) in [5.74, 6) is 0.910. The van der Waals surface area contributed by atoms with Crippen LogP contribution in [0.25, 0.3) is 43.8 Å². The van der Waals surface area contributed by atoms with Gasteiger partial charge in [0.2, 0.25) is 0 Å². The molecule has 2 aliphatic carbocycles. The number of pyridine rings is 1. The lowest BCUT2D eigenvalue weighted by Crippen LogP contribution is -2.34. The molecule has 0 radical (unpaired) electrons. The van der Waals surface area contributed by atoms with Gasteiger partial charge in [-0.25, -0.2) is 4.98 Å². The molecule has 2 aliphatic rings. The second-order valence-corrected chi connectivity index (χ2v) is 15.0. The van der Waals surface area contributed by atoms with E-state index in [0.29, 0.717) is 0 Å². The molecule has 0 spiro atoms. The number of hydrogen-bond donors (Lipinski definition) is 0. The van der Waals surface area contributed by atoms with E-state index in [1.807, 2.05) is 12.3 Å². The largest absolute Gasteiger partial charge is 0.315 e. The van der Waals surface area contributed by atoms with Crippen LogP contribution in [0.3, 0.4) is 0 Å². The fourth-order valence-corrected chi connectivity index (χ4v) is 9.28. The number of benzene rings is 8. The van der Waals surface area contributed by atoms with Crippen LogP contribution in [-0.2, 0) is 6.42 Å². The molecule has 0 aliphatic heterocycles. The van der Waals surface area contributed by atoms with E-state index in [0.717, 1.165) is 35.0 Å². The van der Waals surface area contributed by atoms with E-state index in [9.17, 15) is 0 Å². The first-order chi connectivity index (χ1) is 28.8. The maximum atomic E-state index is 5.06. The first-order valence-corrected chi connectivity index (χ1v) is 20.1. The van der Waals surface area contributed by atoms with E-state index in [1.165, 1.54) is 66.1 Å². The van der Waals surface area contributed by atoms with Crippen LogP contribution >= 0.6 is 0 Å². The van der Waals surface area contributed by atoms with Crippen molar-refractivity contribution in [2.45, 2.75) is 12.5 Å². The summed E-state index contributed by atoms with van der Waals surface area (Å²) in [6.45, 7) is 0. The zero-order valence-electron chi connectivity index (χ0n) is 31.9. The summed E-state index contributed by atoms with van der Waals surface area (Å²) in [5, 5.41) is 4.94. The predicted molar refractivity (Wildman–Crippen MR) is 243 cm³/mol. The minimum atomic E-state index is -0.148. The Morgan fingerprint density at radius 1 is 0.500 bits per heavy atom. The van der Waals surface area contributed by atoms with Gasteiger partial charge >= 0.3 is 0 Å². The molecule has 0 saturated heterocycles. The lowest BCUT2D eigenvalue weighted by molar-refractivity contribution is 0.927. The molecule has 3 heteroatoms. The first-order valence-electron chi connectivity index (χ1n) is 20.1. The summed E-state index contributed by atoms with van der Waals surface area (Å²) >= 11 is 0. The smallest absolute Gasteiger partial charge is 0.133 e. The molecule has 58 heavy (non-hydrogen) atoms. The van der Waals surface area contributed by atoms with Crippen molar-refractivity contribution < 1.29 is 0 Å². The van der Waals surface area contributed by atoms with Gasteiger partial charge in [0, 0.05) is 28.3 Å². The Hall–Kier alpha value is -7.49. The zero-order valence-corrected chi connectivity index (χ0v) is 31.9. The molecule has 3 nitrogen and oxygen atoms in total. The number of aromatic nitrogens is 1. The van der Waals surface area contributed by atoms with Crippen LogP contribution in [0, 0.1) is 0 Å². The van der Waals surface area contributed by atoms with Crippen LogP contribution in [0.4, 0.5) is 28.6 Å². The molecule has 0 saturated carbocycles. The van der Waals surface area contributed by atoms with Crippen LogP contribution in [0.2, 0.25) is 0 Å². The highest BCUT2D eigenvalue weighted by molar-refractivity contribution is 6.15. The summed E-state index contributed by atoms with van der Waals surface area (Å²) in [4.78, 5) is 9.95.